The van der Waals surface area contributed by atoms with E-state index >= 15 is 0 Å². The number of benzene rings is 1. The van der Waals surface area contributed by atoms with E-state index in [4.69, 9.17) is 10.1 Å². The molecule has 154 valence electrons. The van der Waals surface area contributed by atoms with Gasteiger partial charge in [-0.15, -0.1) is 0 Å². The fraction of sp³-hybridized carbons (Fsp3) is 0.458. The second-order valence-corrected chi connectivity index (χ2v) is 7.97. The highest BCUT2D eigenvalue weighted by atomic mass is 16.1. The number of unbranched alkanes of at least 4 members (excludes halogenated alkanes) is 1. The molecule has 0 aliphatic rings. The Bertz CT molecular complexity index is 1050. The zero-order valence-electron chi connectivity index (χ0n) is 18.5. The summed E-state index contributed by atoms with van der Waals surface area (Å²) in [6.07, 6.45) is 3.30. The Kier molecular flexibility index (Phi) is 6.36. The van der Waals surface area contributed by atoms with Crippen LogP contribution in [0.15, 0.2) is 18.2 Å². The quantitative estimate of drug-likeness (QED) is 0.587. The number of aromatic nitrogens is 3. The maximum atomic E-state index is 12.1. The van der Waals surface area contributed by atoms with Gasteiger partial charge >= 0.3 is 0 Å². The fourth-order valence-corrected chi connectivity index (χ4v) is 3.84. The highest BCUT2D eigenvalue weighted by Crippen LogP contribution is 2.28. The van der Waals surface area contributed by atoms with Crippen molar-refractivity contribution in [1.82, 2.24) is 20.1 Å². The lowest BCUT2D eigenvalue weighted by Crippen LogP contribution is -2.24. The first-order valence-electron chi connectivity index (χ1n) is 10.5. The molecule has 3 aromatic rings. The van der Waals surface area contributed by atoms with E-state index in [0.717, 1.165) is 53.1 Å². The van der Waals surface area contributed by atoms with Gasteiger partial charge in [0, 0.05) is 24.0 Å². The van der Waals surface area contributed by atoms with Crippen LogP contribution in [-0.4, -0.2) is 27.2 Å². The number of rotatable bonds is 7. The molecule has 0 saturated heterocycles. The smallest absolute Gasteiger partial charge is 0.220 e. The number of nitrogens with zero attached hydrogens (tertiary/aromatic N) is 3. The molecule has 2 heterocycles. The van der Waals surface area contributed by atoms with Crippen molar-refractivity contribution in [2.45, 2.75) is 67.2 Å². The highest BCUT2D eigenvalue weighted by Gasteiger charge is 2.18. The van der Waals surface area contributed by atoms with Crippen LogP contribution in [0.25, 0.3) is 16.7 Å². The van der Waals surface area contributed by atoms with Gasteiger partial charge in [-0.3, -0.25) is 4.79 Å². The Hall–Kier alpha value is -2.69. The third kappa shape index (κ3) is 4.34. The summed E-state index contributed by atoms with van der Waals surface area (Å²) in [5, 5.41) is 8.89. The van der Waals surface area contributed by atoms with E-state index in [1.807, 2.05) is 18.5 Å². The first-order valence-corrected chi connectivity index (χ1v) is 10.5. The average molecular weight is 393 g/mol. The van der Waals surface area contributed by atoms with Crippen LogP contribution in [0, 0.1) is 34.6 Å². The van der Waals surface area contributed by atoms with Crippen molar-refractivity contribution in [2.75, 3.05) is 6.54 Å². The molecule has 0 spiro atoms. The molecule has 1 amide bonds. The lowest BCUT2D eigenvalue weighted by Gasteiger charge is -2.12. The van der Waals surface area contributed by atoms with Gasteiger partial charge in [0.25, 0.3) is 0 Å². The van der Waals surface area contributed by atoms with Gasteiger partial charge in [0.1, 0.15) is 0 Å². The first kappa shape index (κ1) is 21.0. The molecule has 0 saturated carbocycles. The number of nitrogens with one attached hydrogen (secondary N) is 1. The molecule has 29 heavy (non-hydrogen) atoms. The summed E-state index contributed by atoms with van der Waals surface area (Å²) < 4.78 is 1.94. The zero-order valence-corrected chi connectivity index (χ0v) is 18.5. The number of amides is 1. The summed E-state index contributed by atoms with van der Waals surface area (Å²) in [5.41, 5.74) is 8.70. The largest absolute Gasteiger partial charge is 0.356 e. The summed E-state index contributed by atoms with van der Waals surface area (Å²) in [4.78, 5) is 17.1. The van der Waals surface area contributed by atoms with Gasteiger partial charge in [0.05, 0.1) is 11.4 Å². The number of aryl methyl sites for hydroxylation is 5. The van der Waals surface area contributed by atoms with Gasteiger partial charge in [-0.25, -0.2) is 9.67 Å². The van der Waals surface area contributed by atoms with Crippen molar-refractivity contribution >= 4 is 16.9 Å². The molecule has 1 aromatic carbocycles. The summed E-state index contributed by atoms with van der Waals surface area (Å²) in [7, 11) is 0. The topological polar surface area (TPSA) is 59.8 Å². The Morgan fingerprint density at radius 2 is 1.83 bits per heavy atom. The minimum atomic E-state index is 0.111. The Morgan fingerprint density at radius 3 is 2.52 bits per heavy atom. The molecule has 5 heteroatoms. The van der Waals surface area contributed by atoms with E-state index in [1.165, 1.54) is 16.7 Å². The summed E-state index contributed by atoms with van der Waals surface area (Å²) >= 11 is 0. The van der Waals surface area contributed by atoms with Crippen molar-refractivity contribution in [3.63, 3.8) is 0 Å². The van der Waals surface area contributed by atoms with Crippen LogP contribution < -0.4 is 5.32 Å². The predicted molar refractivity (Wildman–Crippen MR) is 119 cm³/mol. The van der Waals surface area contributed by atoms with E-state index in [-0.39, 0.29) is 5.91 Å². The first-order chi connectivity index (χ1) is 13.8. The van der Waals surface area contributed by atoms with Crippen molar-refractivity contribution < 1.29 is 4.79 Å². The maximum absolute atomic E-state index is 12.1. The summed E-state index contributed by atoms with van der Waals surface area (Å²) in [6.45, 7) is 13.3. The number of hydrogen-bond acceptors (Lipinski definition) is 3. The molecule has 0 aliphatic heterocycles. The van der Waals surface area contributed by atoms with Crippen LogP contribution in [0.1, 0.15) is 59.8 Å². The van der Waals surface area contributed by atoms with E-state index in [9.17, 15) is 4.79 Å². The molecular weight excluding hydrogens is 360 g/mol. The number of pyridine rings is 1. The van der Waals surface area contributed by atoms with Crippen LogP contribution in [0.2, 0.25) is 0 Å². The van der Waals surface area contributed by atoms with Crippen molar-refractivity contribution in [3.05, 3.63) is 51.8 Å². The molecule has 0 unspecified atom stereocenters. The molecule has 0 fully saturated rings. The van der Waals surface area contributed by atoms with Gasteiger partial charge in [-0.2, -0.15) is 5.10 Å². The van der Waals surface area contributed by atoms with Crippen LogP contribution in [-0.2, 0) is 11.2 Å². The van der Waals surface area contributed by atoms with Gasteiger partial charge in [0.2, 0.25) is 5.91 Å². The van der Waals surface area contributed by atoms with Gasteiger partial charge in [-0.1, -0.05) is 19.4 Å². The molecule has 0 aliphatic carbocycles. The van der Waals surface area contributed by atoms with Crippen LogP contribution >= 0.6 is 0 Å². The molecule has 0 bridgehead atoms. The van der Waals surface area contributed by atoms with Crippen LogP contribution in [0.5, 0.6) is 0 Å². The number of carbonyl (C=O) groups excluding carboxylic acids is 1. The van der Waals surface area contributed by atoms with Crippen LogP contribution in [0.3, 0.4) is 0 Å². The number of carbonyl (C=O) groups is 1. The van der Waals surface area contributed by atoms with Crippen molar-refractivity contribution in [1.29, 1.82) is 0 Å². The summed E-state index contributed by atoms with van der Waals surface area (Å²) in [6, 6.07) is 6.37. The Morgan fingerprint density at radius 1 is 1.07 bits per heavy atom. The highest BCUT2D eigenvalue weighted by molar-refractivity contribution is 5.85. The molecule has 0 atom stereocenters. The van der Waals surface area contributed by atoms with E-state index in [1.54, 1.807) is 0 Å². The Labute approximate surface area is 173 Å². The lowest BCUT2D eigenvalue weighted by molar-refractivity contribution is -0.121. The normalized spacial score (nSPS) is 11.2. The number of hydrogen-bond donors (Lipinski definition) is 1. The minimum Gasteiger partial charge on any atom is -0.356 e. The molecule has 5 nitrogen and oxygen atoms in total. The molecule has 1 N–H and O–H groups in total. The standard InChI is InChI=1S/C24H32N4O/c1-7-8-13-25-22(29)12-11-21-17(4)23-19(6)27-28(24(23)26-18(21)5)20-10-9-15(2)16(3)14-20/h9-10,14H,7-8,11-13H2,1-6H3,(H,25,29). The van der Waals surface area contributed by atoms with Gasteiger partial charge in [-0.05, 0) is 81.8 Å². The van der Waals surface area contributed by atoms with E-state index < -0.39 is 0 Å². The van der Waals surface area contributed by atoms with Gasteiger partial charge in [0.15, 0.2) is 5.65 Å². The predicted octanol–water partition coefficient (Wildman–Crippen LogP) is 4.81. The molecule has 0 radical (unpaired) electrons. The third-order valence-corrected chi connectivity index (χ3v) is 5.76. The van der Waals surface area contributed by atoms with Crippen LogP contribution in [0.4, 0.5) is 0 Å². The molecule has 2 aromatic heterocycles. The second-order valence-electron chi connectivity index (χ2n) is 7.97. The van der Waals surface area contributed by atoms with Crippen molar-refractivity contribution in [2.24, 2.45) is 0 Å². The van der Waals surface area contributed by atoms with E-state index in [0.29, 0.717) is 12.8 Å². The SMILES string of the molecule is CCCCNC(=O)CCc1c(C)nc2c(c(C)nn2-c2ccc(C)c(C)c2)c1C. The maximum Gasteiger partial charge on any atom is 0.220 e. The monoisotopic (exact) mass is 392 g/mol. The Balaban J connectivity index is 1.94. The average Bonchev–Trinajstić information content (AvgIpc) is 3.00. The fourth-order valence-electron chi connectivity index (χ4n) is 3.84. The van der Waals surface area contributed by atoms with E-state index in [2.05, 4.69) is 51.2 Å². The molecule has 3 rings (SSSR count). The zero-order chi connectivity index (χ0) is 21.1. The second kappa shape index (κ2) is 8.76. The van der Waals surface area contributed by atoms with Crippen molar-refractivity contribution in [3.8, 4) is 5.69 Å². The third-order valence-electron chi connectivity index (χ3n) is 5.76. The van der Waals surface area contributed by atoms with Gasteiger partial charge < -0.3 is 5.32 Å². The molecular formula is C24H32N4O. The minimum absolute atomic E-state index is 0.111. The summed E-state index contributed by atoms with van der Waals surface area (Å²) in [5.74, 6) is 0.111. The lowest BCUT2D eigenvalue weighted by atomic mass is 9.99. The number of fused-ring (bicyclic) bond motifs is 1.